The fourth-order valence-electron chi connectivity index (χ4n) is 1.98. The Kier molecular flexibility index (Phi) is 4.05. The Bertz CT molecular complexity index is 535. The largest absolute Gasteiger partial charge is 0.396 e. The average Bonchev–Trinajstić information content (AvgIpc) is 2.42. The first-order valence-corrected chi connectivity index (χ1v) is 6.65. The lowest BCUT2D eigenvalue weighted by Crippen LogP contribution is -2.09. The van der Waals surface area contributed by atoms with Crippen molar-refractivity contribution in [1.29, 1.82) is 0 Å². The number of rotatable bonds is 4. The molecule has 1 heterocycles. The third-order valence-corrected chi connectivity index (χ3v) is 3.22. The molecule has 1 aromatic heterocycles. The number of nitrogens with one attached hydrogen (secondary N) is 1. The van der Waals surface area contributed by atoms with Crippen molar-refractivity contribution in [3.63, 3.8) is 0 Å². The third-order valence-electron chi connectivity index (χ3n) is 3.22. The molecular formula is C16H21N3. The standard InChI is InChI=1S/C16H21N3/c1-11(2)15-9-16(14(17)10-18-15)19-12(3)13-7-5-4-6-8-13/h4-12H,17H2,1-3H3,(H,18,19)/t12-/m0/s1. The van der Waals surface area contributed by atoms with Crippen LogP contribution in [-0.4, -0.2) is 4.98 Å². The quantitative estimate of drug-likeness (QED) is 0.869. The van der Waals surface area contributed by atoms with Crippen molar-refractivity contribution in [3.05, 3.63) is 53.9 Å². The highest BCUT2D eigenvalue weighted by molar-refractivity contribution is 5.66. The SMILES string of the molecule is CC(C)c1cc(N[C@@H](C)c2ccccc2)c(N)cn1. The van der Waals surface area contributed by atoms with E-state index in [1.54, 1.807) is 6.20 Å². The number of nitrogens with zero attached hydrogens (tertiary/aromatic N) is 1. The van der Waals surface area contributed by atoms with Crippen LogP contribution in [0.25, 0.3) is 0 Å². The number of pyridine rings is 1. The fourth-order valence-corrected chi connectivity index (χ4v) is 1.98. The summed E-state index contributed by atoms with van der Waals surface area (Å²) in [6.45, 7) is 6.39. The van der Waals surface area contributed by atoms with Gasteiger partial charge >= 0.3 is 0 Å². The van der Waals surface area contributed by atoms with Gasteiger partial charge in [-0.25, -0.2) is 0 Å². The molecule has 3 nitrogen and oxygen atoms in total. The summed E-state index contributed by atoms with van der Waals surface area (Å²) in [4.78, 5) is 4.35. The molecule has 3 heteroatoms. The smallest absolute Gasteiger partial charge is 0.0736 e. The zero-order valence-electron chi connectivity index (χ0n) is 11.7. The highest BCUT2D eigenvalue weighted by atomic mass is 14.9. The highest BCUT2D eigenvalue weighted by Gasteiger charge is 2.09. The lowest BCUT2D eigenvalue weighted by atomic mass is 10.1. The van der Waals surface area contributed by atoms with E-state index in [0.29, 0.717) is 11.6 Å². The van der Waals surface area contributed by atoms with Crippen molar-refractivity contribution < 1.29 is 0 Å². The van der Waals surface area contributed by atoms with E-state index in [4.69, 9.17) is 5.73 Å². The van der Waals surface area contributed by atoms with Crippen LogP contribution in [0.15, 0.2) is 42.6 Å². The maximum Gasteiger partial charge on any atom is 0.0736 e. The van der Waals surface area contributed by atoms with E-state index in [9.17, 15) is 0 Å². The van der Waals surface area contributed by atoms with Crippen molar-refractivity contribution in [2.75, 3.05) is 11.1 Å². The van der Waals surface area contributed by atoms with Gasteiger partial charge in [0.05, 0.1) is 17.6 Å². The number of aromatic nitrogens is 1. The minimum Gasteiger partial charge on any atom is -0.396 e. The molecule has 0 aliphatic rings. The molecule has 0 saturated heterocycles. The molecule has 3 N–H and O–H groups in total. The minimum atomic E-state index is 0.214. The maximum atomic E-state index is 5.99. The van der Waals surface area contributed by atoms with Crippen molar-refractivity contribution in [2.24, 2.45) is 0 Å². The van der Waals surface area contributed by atoms with Crippen molar-refractivity contribution in [2.45, 2.75) is 32.7 Å². The van der Waals surface area contributed by atoms with Gasteiger partial charge in [-0.3, -0.25) is 4.98 Å². The normalized spacial score (nSPS) is 12.4. The summed E-state index contributed by atoms with van der Waals surface area (Å²) in [6, 6.07) is 12.6. The molecule has 2 aromatic rings. The number of nitrogens with two attached hydrogens (primary N) is 1. The van der Waals surface area contributed by atoms with Crippen LogP contribution in [0.4, 0.5) is 11.4 Å². The van der Waals surface area contributed by atoms with Gasteiger partial charge in [-0.2, -0.15) is 0 Å². The summed E-state index contributed by atoms with van der Waals surface area (Å²) in [7, 11) is 0. The van der Waals surface area contributed by atoms with Crippen LogP contribution in [0.3, 0.4) is 0 Å². The van der Waals surface area contributed by atoms with Crippen LogP contribution >= 0.6 is 0 Å². The van der Waals surface area contributed by atoms with Gasteiger partial charge in [0.2, 0.25) is 0 Å². The van der Waals surface area contributed by atoms with Gasteiger partial charge in [0, 0.05) is 11.7 Å². The van der Waals surface area contributed by atoms with Crippen LogP contribution in [0.2, 0.25) is 0 Å². The Labute approximate surface area is 114 Å². The maximum absolute atomic E-state index is 5.99. The van der Waals surface area contributed by atoms with E-state index in [1.165, 1.54) is 5.56 Å². The van der Waals surface area contributed by atoms with Crippen LogP contribution in [0, 0.1) is 0 Å². The zero-order chi connectivity index (χ0) is 13.8. The number of anilines is 2. The van der Waals surface area contributed by atoms with E-state index in [0.717, 1.165) is 11.4 Å². The van der Waals surface area contributed by atoms with Gasteiger partial charge < -0.3 is 11.1 Å². The predicted molar refractivity (Wildman–Crippen MR) is 81.2 cm³/mol. The molecule has 1 aromatic carbocycles. The molecule has 19 heavy (non-hydrogen) atoms. The Morgan fingerprint density at radius 2 is 1.79 bits per heavy atom. The first-order valence-electron chi connectivity index (χ1n) is 6.65. The van der Waals surface area contributed by atoms with Crippen LogP contribution in [0.5, 0.6) is 0 Å². The number of hydrogen-bond donors (Lipinski definition) is 2. The first-order chi connectivity index (χ1) is 9.08. The molecule has 0 spiro atoms. The second-order valence-corrected chi connectivity index (χ2v) is 5.13. The van der Waals surface area contributed by atoms with Gasteiger partial charge in [0.15, 0.2) is 0 Å². The van der Waals surface area contributed by atoms with Crippen molar-refractivity contribution >= 4 is 11.4 Å². The monoisotopic (exact) mass is 255 g/mol. The van der Waals surface area contributed by atoms with Crippen LogP contribution in [0.1, 0.15) is 44.0 Å². The number of nitrogen functional groups attached to an aromatic ring is 1. The summed E-state index contributed by atoms with van der Waals surface area (Å²) >= 11 is 0. The van der Waals surface area contributed by atoms with Gasteiger partial charge in [-0.05, 0) is 24.5 Å². The minimum absolute atomic E-state index is 0.214. The second kappa shape index (κ2) is 5.74. The molecule has 1 atom stereocenters. The summed E-state index contributed by atoms with van der Waals surface area (Å²) in [5.74, 6) is 0.396. The summed E-state index contributed by atoms with van der Waals surface area (Å²) < 4.78 is 0. The molecule has 100 valence electrons. The molecule has 0 aliphatic carbocycles. The fraction of sp³-hybridized carbons (Fsp3) is 0.312. The lowest BCUT2D eigenvalue weighted by Gasteiger charge is -2.18. The van der Waals surface area contributed by atoms with Crippen LogP contribution < -0.4 is 11.1 Å². The van der Waals surface area contributed by atoms with E-state index >= 15 is 0 Å². The van der Waals surface area contributed by atoms with Gasteiger partial charge in [-0.15, -0.1) is 0 Å². The molecule has 0 radical (unpaired) electrons. The molecule has 0 amide bonds. The van der Waals surface area contributed by atoms with E-state index in [1.807, 2.05) is 24.3 Å². The number of benzene rings is 1. The molecule has 2 rings (SSSR count). The second-order valence-electron chi connectivity index (χ2n) is 5.13. The molecule has 0 fully saturated rings. The van der Waals surface area contributed by atoms with Gasteiger partial charge in [0.25, 0.3) is 0 Å². The Hall–Kier alpha value is -2.03. The molecule has 0 aliphatic heterocycles. The first kappa shape index (κ1) is 13.4. The van der Waals surface area contributed by atoms with Gasteiger partial charge in [0.1, 0.15) is 0 Å². The molecule has 0 unspecified atom stereocenters. The predicted octanol–water partition coefficient (Wildman–Crippen LogP) is 3.96. The Morgan fingerprint density at radius 3 is 2.42 bits per heavy atom. The topological polar surface area (TPSA) is 50.9 Å². The Balaban J connectivity index is 2.21. The summed E-state index contributed by atoms with van der Waals surface area (Å²) in [5.41, 5.74) is 9.93. The Morgan fingerprint density at radius 1 is 1.11 bits per heavy atom. The highest BCUT2D eigenvalue weighted by Crippen LogP contribution is 2.26. The zero-order valence-corrected chi connectivity index (χ0v) is 11.7. The van der Waals surface area contributed by atoms with E-state index in [-0.39, 0.29) is 6.04 Å². The van der Waals surface area contributed by atoms with E-state index < -0.39 is 0 Å². The van der Waals surface area contributed by atoms with Crippen molar-refractivity contribution in [3.8, 4) is 0 Å². The third kappa shape index (κ3) is 3.25. The van der Waals surface area contributed by atoms with Crippen molar-refractivity contribution in [1.82, 2.24) is 4.98 Å². The number of hydrogen-bond acceptors (Lipinski definition) is 3. The average molecular weight is 255 g/mol. The van der Waals surface area contributed by atoms with Crippen LogP contribution in [-0.2, 0) is 0 Å². The lowest BCUT2D eigenvalue weighted by molar-refractivity contribution is 0.820. The summed E-state index contributed by atoms with van der Waals surface area (Å²) in [6.07, 6.45) is 1.73. The van der Waals surface area contributed by atoms with Gasteiger partial charge in [-0.1, -0.05) is 44.2 Å². The molecule has 0 saturated carbocycles. The molecule has 0 bridgehead atoms. The molecular weight excluding hydrogens is 234 g/mol. The summed E-state index contributed by atoms with van der Waals surface area (Å²) in [5, 5.41) is 3.46. The van der Waals surface area contributed by atoms with E-state index in [2.05, 4.69) is 43.2 Å².